The molecule has 25 heavy (non-hydrogen) atoms. The summed E-state index contributed by atoms with van der Waals surface area (Å²) in [6.07, 6.45) is 0.323. The zero-order chi connectivity index (χ0) is 19.0. The van der Waals surface area contributed by atoms with Gasteiger partial charge in [-0.05, 0) is 51.1 Å². The Morgan fingerprint density at radius 3 is 2.40 bits per heavy atom. The zero-order valence-corrected chi connectivity index (χ0v) is 15.8. The highest BCUT2D eigenvalue weighted by molar-refractivity contribution is 5.74. The summed E-state index contributed by atoms with van der Waals surface area (Å²) in [5, 5.41) is 8.62. The molecule has 0 spiro atoms. The average Bonchev–Trinajstić information content (AvgIpc) is 2.48. The van der Waals surface area contributed by atoms with E-state index in [2.05, 4.69) is 18.7 Å². The van der Waals surface area contributed by atoms with E-state index in [9.17, 15) is 9.59 Å². The molecule has 1 aromatic rings. The minimum Gasteiger partial charge on any atom is -0.492 e. The van der Waals surface area contributed by atoms with Gasteiger partial charge in [-0.25, -0.2) is 0 Å². The molecule has 0 amide bonds. The fourth-order valence-corrected chi connectivity index (χ4v) is 2.26. The molecule has 0 saturated carbocycles. The number of hydrogen-bond donors (Lipinski definition) is 1. The van der Waals surface area contributed by atoms with Crippen LogP contribution in [-0.4, -0.2) is 49.2 Å². The van der Waals surface area contributed by atoms with Crippen molar-refractivity contribution < 1.29 is 24.2 Å². The van der Waals surface area contributed by atoms with Gasteiger partial charge in [0.15, 0.2) is 0 Å². The first-order valence-corrected chi connectivity index (χ1v) is 8.55. The summed E-state index contributed by atoms with van der Waals surface area (Å²) in [5.41, 5.74) is 1.80. The molecule has 0 atom stereocenters. The lowest BCUT2D eigenvalue weighted by Crippen LogP contribution is -2.20. The van der Waals surface area contributed by atoms with Crippen molar-refractivity contribution in [2.24, 2.45) is 0 Å². The average molecular weight is 351 g/mol. The van der Waals surface area contributed by atoms with E-state index in [0.717, 1.165) is 23.4 Å². The van der Waals surface area contributed by atoms with Crippen LogP contribution in [0.5, 0.6) is 11.5 Å². The van der Waals surface area contributed by atoms with Crippen LogP contribution in [0, 0.1) is 6.92 Å². The molecule has 1 N–H and O–H groups in total. The van der Waals surface area contributed by atoms with Crippen molar-refractivity contribution >= 4 is 11.9 Å². The van der Waals surface area contributed by atoms with Gasteiger partial charge in [0, 0.05) is 24.9 Å². The Labute approximate surface area is 149 Å². The van der Waals surface area contributed by atoms with E-state index in [1.54, 1.807) is 0 Å². The van der Waals surface area contributed by atoms with E-state index >= 15 is 0 Å². The molecule has 0 aliphatic carbocycles. The largest absolute Gasteiger partial charge is 0.492 e. The third kappa shape index (κ3) is 7.56. The van der Waals surface area contributed by atoms with Crippen LogP contribution in [-0.2, 0) is 9.59 Å². The molecule has 0 saturated heterocycles. The molecule has 6 nitrogen and oxygen atoms in total. The predicted octanol–water partition coefficient (Wildman–Crippen LogP) is 3.22. The SMILES string of the molecule is Cc1cc(OCCN(C)C)c(C(C)C)cc1OC(=O)CCCC(=O)O. The van der Waals surface area contributed by atoms with Crippen LogP contribution in [0.4, 0.5) is 0 Å². The Hall–Kier alpha value is -2.08. The summed E-state index contributed by atoms with van der Waals surface area (Å²) in [5.74, 6) is 0.203. The predicted molar refractivity (Wildman–Crippen MR) is 96.4 cm³/mol. The monoisotopic (exact) mass is 351 g/mol. The third-order valence-electron chi connectivity index (χ3n) is 3.72. The molecule has 0 bridgehead atoms. The van der Waals surface area contributed by atoms with Gasteiger partial charge >= 0.3 is 11.9 Å². The minimum atomic E-state index is -0.912. The molecule has 140 valence electrons. The Morgan fingerprint density at radius 2 is 1.84 bits per heavy atom. The third-order valence-corrected chi connectivity index (χ3v) is 3.72. The molecule has 0 aromatic heterocycles. The molecule has 0 radical (unpaired) electrons. The van der Waals surface area contributed by atoms with Gasteiger partial charge in [-0.3, -0.25) is 9.59 Å². The number of nitrogens with zero attached hydrogens (tertiary/aromatic N) is 1. The van der Waals surface area contributed by atoms with E-state index in [1.807, 2.05) is 33.2 Å². The molecule has 6 heteroatoms. The molecule has 0 aliphatic rings. The standard InChI is InChI=1S/C19H29NO5/c1-13(2)15-12-16(25-19(23)8-6-7-18(21)22)14(3)11-17(15)24-10-9-20(4)5/h11-13H,6-10H2,1-5H3,(H,21,22). The topological polar surface area (TPSA) is 76.1 Å². The minimum absolute atomic E-state index is 0.0377. The number of ether oxygens (including phenoxy) is 2. The Kier molecular flexibility index (Phi) is 8.41. The number of aryl methyl sites for hydroxylation is 1. The Bertz CT molecular complexity index is 596. The molecule has 0 heterocycles. The number of carbonyl (C=O) groups excluding carboxylic acids is 1. The van der Waals surface area contributed by atoms with Gasteiger partial charge in [0.25, 0.3) is 0 Å². The van der Waals surface area contributed by atoms with E-state index in [-0.39, 0.29) is 25.2 Å². The van der Waals surface area contributed by atoms with Gasteiger partial charge in [0.2, 0.25) is 0 Å². The van der Waals surface area contributed by atoms with Gasteiger partial charge in [-0.2, -0.15) is 0 Å². The Morgan fingerprint density at radius 1 is 1.16 bits per heavy atom. The molecule has 0 aliphatic heterocycles. The molecule has 0 unspecified atom stereocenters. The van der Waals surface area contributed by atoms with Crippen molar-refractivity contribution in [3.8, 4) is 11.5 Å². The van der Waals surface area contributed by atoms with Crippen molar-refractivity contribution in [3.05, 3.63) is 23.3 Å². The first kappa shape index (κ1) is 21.0. The molecular formula is C19H29NO5. The fourth-order valence-electron chi connectivity index (χ4n) is 2.26. The van der Waals surface area contributed by atoms with Crippen molar-refractivity contribution in [3.63, 3.8) is 0 Å². The summed E-state index contributed by atoms with van der Waals surface area (Å²) < 4.78 is 11.3. The summed E-state index contributed by atoms with van der Waals surface area (Å²) >= 11 is 0. The first-order valence-electron chi connectivity index (χ1n) is 8.55. The number of aliphatic carboxylic acids is 1. The van der Waals surface area contributed by atoms with Crippen molar-refractivity contribution in [2.75, 3.05) is 27.2 Å². The highest BCUT2D eigenvalue weighted by Gasteiger charge is 2.15. The van der Waals surface area contributed by atoms with Crippen molar-refractivity contribution in [2.45, 2.75) is 46.0 Å². The molecule has 1 aromatic carbocycles. The summed E-state index contributed by atoms with van der Waals surface area (Å²) in [6, 6.07) is 3.74. The summed E-state index contributed by atoms with van der Waals surface area (Å²) in [7, 11) is 3.98. The zero-order valence-electron chi connectivity index (χ0n) is 15.8. The lowest BCUT2D eigenvalue weighted by molar-refractivity contribution is -0.137. The van der Waals surface area contributed by atoms with Gasteiger partial charge in [-0.1, -0.05) is 13.8 Å². The van der Waals surface area contributed by atoms with Crippen molar-refractivity contribution in [1.82, 2.24) is 4.90 Å². The van der Waals surface area contributed by atoms with Gasteiger partial charge in [0.1, 0.15) is 18.1 Å². The highest BCUT2D eigenvalue weighted by atomic mass is 16.5. The van der Waals surface area contributed by atoms with Crippen molar-refractivity contribution in [1.29, 1.82) is 0 Å². The lowest BCUT2D eigenvalue weighted by atomic mass is 9.99. The second-order valence-corrected chi connectivity index (χ2v) is 6.68. The molecule has 1 rings (SSSR count). The van der Waals surface area contributed by atoms with Crippen LogP contribution in [0.15, 0.2) is 12.1 Å². The smallest absolute Gasteiger partial charge is 0.311 e. The number of likely N-dealkylation sites (N-methyl/N-ethyl adjacent to an activating group) is 1. The van der Waals surface area contributed by atoms with Gasteiger partial charge in [-0.15, -0.1) is 0 Å². The maximum absolute atomic E-state index is 11.9. The summed E-state index contributed by atoms with van der Waals surface area (Å²) in [6.45, 7) is 7.38. The van der Waals surface area contributed by atoms with Crippen LogP contribution >= 0.6 is 0 Å². The number of esters is 1. The molecular weight excluding hydrogens is 322 g/mol. The Balaban J connectivity index is 2.82. The number of carbonyl (C=O) groups is 2. The maximum atomic E-state index is 11.9. The lowest BCUT2D eigenvalue weighted by Gasteiger charge is -2.18. The van der Waals surface area contributed by atoms with Gasteiger partial charge in [0.05, 0.1) is 0 Å². The highest BCUT2D eigenvalue weighted by Crippen LogP contribution is 2.33. The van der Waals surface area contributed by atoms with E-state index in [0.29, 0.717) is 12.4 Å². The molecule has 0 fully saturated rings. The maximum Gasteiger partial charge on any atom is 0.311 e. The number of hydrogen-bond acceptors (Lipinski definition) is 5. The van der Waals surface area contributed by atoms with Crippen LogP contribution < -0.4 is 9.47 Å². The number of carboxylic acids is 1. The number of carboxylic acid groups (broad SMARTS) is 1. The van der Waals surface area contributed by atoms with Crippen LogP contribution in [0.25, 0.3) is 0 Å². The second kappa shape index (κ2) is 10.0. The van der Waals surface area contributed by atoms with E-state index < -0.39 is 11.9 Å². The number of benzene rings is 1. The van der Waals surface area contributed by atoms with E-state index in [4.69, 9.17) is 14.6 Å². The second-order valence-electron chi connectivity index (χ2n) is 6.68. The van der Waals surface area contributed by atoms with Crippen LogP contribution in [0.1, 0.15) is 50.2 Å². The van der Waals surface area contributed by atoms with Gasteiger partial charge < -0.3 is 19.5 Å². The fraction of sp³-hybridized carbons (Fsp3) is 0.579. The van der Waals surface area contributed by atoms with Crippen LogP contribution in [0.2, 0.25) is 0 Å². The normalized spacial score (nSPS) is 11.0. The summed E-state index contributed by atoms with van der Waals surface area (Å²) in [4.78, 5) is 24.5. The van der Waals surface area contributed by atoms with Crippen LogP contribution in [0.3, 0.4) is 0 Å². The van der Waals surface area contributed by atoms with E-state index in [1.165, 1.54) is 0 Å². The number of rotatable bonds is 10. The first-order chi connectivity index (χ1) is 11.7. The quantitative estimate of drug-likeness (QED) is 0.515.